The summed E-state index contributed by atoms with van der Waals surface area (Å²) in [6.07, 6.45) is 0. The van der Waals surface area contributed by atoms with Crippen LogP contribution in [0.15, 0.2) is 0 Å². The van der Waals surface area contributed by atoms with E-state index in [-0.39, 0.29) is 18.1 Å². The molecule has 1 rings (SSSR count). The molecule has 4 N–H and O–H groups in total. The van der Waals surface area contributed by atoms with E-state index in [4.69, 9.17) is 5.14 Å². The molecule has 0 bridgehead atoms. The molecule has 0 unspecified atom stereocenters. The Balaban J connectivity index is 2.37. The van der Waals surface area contributed by atoms with Gasteiger partial charge in [0.15, 0.2) is 0 Å². The molecule has 0 saturated heterocycles. The minimum atomic E-state index is -3.57. The Labute approximate surface area is 79.1 Å². The zero-order valence-corrected chi connectivity index (χ0v) is 7.78. The molecule has 1 amide bonds. The molecule has 0 aliphatic heterocycles. The van der Waals surface area contributed by atoms with Crippen LogP contribution in [0, 0.1) is 0 Å². The van der Waals surface area contributed by atoms with Crippen molar-refractivity contribution in [3.05, 3.63) is 5.82 Å². The van der Waals surface area contributed by atoms with Gasteiger partial charge >= 0.3 is 0 Å². The predicted octanol–water partition coefficient (Wildman–Crippen LogP) is -2.78. The van der Waals surface area contributed by atoms with Crippen LogP contribution < -0.4 is 10.5 Å². The highest BCUT2D eigenvalue weighted by Crippen LogP contribution is 1.82. The first-order valence-electron chi connectivity index (χ1n) is 3.51. The fraction of sp³-hybridized carbons (Fsp3) is 0.500. The molecule has 0 radical (unpaired) electrons. The van der Waals surface area contributed by atoms with E-state index >= 15 is 0 Å². The molecule has 0 atom stereocenters. The third-order valence-corrected chi connectivity index (χ3v) is 1.99. The summed E-state index contributed by atoms with van der Waals surface area (Å²) < 4.78 is 21.0. The Hall–Kier alpha value is -1.55. The van der Waals surface area contributed by atoms with Crippen LogP contribution >= 0.6 is 0 Å². The number of carbonyl (C=O) groups excluding carboxylic acids is 1. The first-order chi connectivity index (χ1) is 6.49. The molecule has 10 heteroatoms. The van der Waals surface area contributed by atoms with E-state index in [1.165, 1.54) is 0 Å². The van der Waals surface area contributed by atoms with Crippen LogP contribution in [0.4, 0.5) is 0 Å². The number of aromatic nitrogens is 4. The van der Waals surface area contributed by atoms with Crippen molar-refractivity contribution in [3.8, 4) is 0 Å². The summed E-state index contributed by atoms with van der Waals surface area (Å²) >= 11 is 0. The Kier molecular flexibility index (Phi) is 3.09. The van der Waals surface area contributed by atoms with Gasteiger partial charge in [-0.1, -0.05) is 0 Å². The Morgan fingerprint density at radius 2 is 2.29 bits per heavy atom. The average molecular weight is 220 g/mol. The number of sulfonamides is 1. The first-order valence-corrected chi connectivity index (χ1v) is 5.23. The van der Waals surface area contributed by atoms with Crippen molar-refractivity contribution < 1.29 is 13.2 Å². The van der Waals surface area contributed by atoms with E-state index in [2.05, 4.69) is 25.9 Å². The van der Waals surface area contributed by atoms with Gasteiger partial charge in [-0.25, -0.2) is 13.6 Å². The van der Waals surface area contributed by atoms with E-state index in [1.54, 1.807) is 0 Å². The summed E-state index contributed by atoms with van der Waals surface area (Å²) in [4.78, 5) is 11.1. The molecule has 0 spiro atoms. The van der Waals surface area contributed by atoms with E-state index in [9.17, 15) is 13.2 Å². The van der Waals surface area contributed by atoms with Crippen molar-refractivity contribution >= 4 is 15.9 Å². The smallest absolute Gasteiger partial charge is 0.292 e. The number of rotatable bonds is 4. The van der Waals surface area contributed by atoms with Crippen LogP contribution in [-0.4, -0.2) is 47.2 Å². The number of amides is 1. The molecule has 0 fully saturated rings. The Bertz CT molecular complexity index is 397. The highest BCUT2D eigenvalue weighted by molar-refractivity contribution is 7.89. The molecule has 1 aromatic rings. The number of tetrazole rings is 1. The lowest BCUT2D eigenvalue weighted by atomic mass is 10.5. The molecule has 1 heterocycles. The van der Waals surface area contributed by atoms with Gasteiger partial charge in [-0.05, 0) is 5.21 Å². The van der Waals surface area contributed by atoms with Crippen LogP contribution in [-0.2, 0) is 10.0 Å². The van der Waals surface area contributed by atoms with Gasteiger partial charge in [0.1, 0.15) is 0 Å². The summed E-state index contributed by atoms with van der Waals surface area (Å²) in [7, 11) is -3.57. The number of hydrogen-bond acceptors (Lipinski definition) is 6. The third kappa shape index (κ3) is 3.45. The van der Waals surface area contributed by atoms with Gasteiger partial charge < -0.3 is 5.32 Å². The molecule has 0 aliphatic rings. The maximum absolute atomic E-state index is 11.1. The van der Waals surface area contributed by atoms with E-state index in [0.717, 1.165) is 0 Å². The van der Waals surface area contributed by atoms with Gasteiger partial charge in [0.25, 0.3) is 11.7 Å². The topological polar surface area (TPSA) is 144 Å². The Morgan fingerprint density at radius 3 is 2.79 bits per heavy atom. The van der Waals surface area contributed by atoms with Crippen LogP contribution in [0.5, 0.6) is 0 Å². The monoisotopic (exact) mass is 220 g/mol. The lowest BCUT2D eigenvalue weighted by molar-refractivity contribution is 0.0946. The van der Waals surface area contributed by atoms with Crippen LogP contribution in [0.25, 0.3) is 0 Å². The van der Waals surface area contributed by atoms with E-state index in [1.807, 2.05) is 0 Å². The maximum Gasteiger partial charge on any atom is 0.292 e. The van der Waals surface area contributed by atoms with Gasteiger partial charge in [0.2, 0.25) is 10.0 Å². The molecule has 0 aromatic carbocycles. The number of carbonyl (C=O) groups is 1. The normalized spacial score (nSPS) is 11.2. The van der Waals surface area contributed by atoms with Gasteiger partial charge in [-0.3, -0.25) is 4.79 Å². The molecular weight excluding hydrogens is 212 g/mol. The van der Waals surface area contributed by atoms with E-state index < -0.39 is 15.9 Å². The summed E-state index contributed by atoms with van der Waals surface area (Å²) in [5.41, 5.74) is 0. The van der Waals surface area contributed by atoms with Crippen molar-refractivity contribution in [2.75, 3.05) is 12.3 Å². The molecule has 9 nitrogen and oxygen atoms in total. The van der Waals surface area contributed by atoms with Crippen molar-refractivity contribution in [1.82, 2.24) is 25.9 Å². The van der Waals surface area contributed by atoms with Crippen molar-refractivity contribution in [2.45, 2.75) is 0 Å². The van der Waals surface area contributed by atoms with Crippen LogP contribution in [0.3, 0.4) is 0 Å². The standard InChI is InChI=1S/C4H8N6O3S/c5-14(12,13)2-1-6-4(11)3-7-9-10-8-3/h1-2H2,(H,6,11)(H2,5,12,13)(H,7,8,9,10). The first kappa shape index (κ1) is 10.5. The summed E-state index contributed by atoms with van der Waals surface area (Å²) in [5.74, 6) is -1.10. The van der Waals surface area contributed by atoms with Gasteiger partial charge in [-0.15, -0.1) is 10.2 Å². The van der Waals surface area contributed by atoms with Gasteiger partial charge in [-0.2, -0.15) is 5.21 Å². The summed E-state index contributed by atoms with van der Waals surface area (Å²) in [6, 6.07) is 0. The lowest BCUT2D eigenvalue weighted by Crippen LogP contribution is -2.32. The molecular formula is C4H8N6O3S. The minimum absolute atomic E-state index is 0.0911. The average Bonchev–Trinajstić information content (AvgIpc) is 2.53. The fourth-order valence-corrected chi connectivity index (χ4v) is 1.03. The van der Waals surface area contributed by atoms with E-state index in [0.29, 0.717) is 0 Å². The zero-order chi connectivity index (χ0) is 10.6. The fourth-order valence-electron chi connectivity index (χ4n) is 0.644. The number of H-pyrrole nitrogens is 1. The maximum atomic E-state index is 11.1. The largest absolute Gasteiger partial charge is 0.348 e. The van der Waals surface area contributed by atoms with Crippen LogP contribution in [0.1, 0.15) is 10.6 Å². The molecule has 0 saturated carbocycles. The quantitative estimate of drug-likeness (QED) is 0.500. The number of hydrogen-bond donors (Lipinski definition) is 3. The number of primary sulfonamides is 1. The molecule has 1 aromatic heterocycles. The van der Waals surface area contributed by atoms with Gasteiger partial charge in [0, 0.05) is 6.54 Å². The predicted molar refractivity (Wildman–Crippen MR) is 44.5 cm³/mol. The molecule has 0 aliphatic carbocycles. The molecule has 78 valence electrons. The number of nitrogens with zero attached hydrogens (tertiary/aromatic N) is 3. The van der Waals surface area contributed by atoms with Crippen molar-refractivity contribution in [3.63, 3.8) is 0 Å². The minimum Gasteiger partial charge on any atom is -0.348 e. The highest BCUT2D eigenvalue weighted by atomic mass is 32.2. The highest BCUT2D eigenvalue weighted by Gasteiger charge is 2.10. The second kappa shape index (κ2) is 4.11. The number of nitrogens with one attached hydrogen (secondary N) is 2. The summed E-state index contributed by atoms with van der Waals surface area (Å²) in [6.45, 7) is -0.0911. The van der Waals surface area contributed by atoms with Crippen molar-refractivity contribution in [2.24, 2.45) is 5.14 Å². The van der Waals surface area contributed by atoms with Gasteiger partial charge in [0.05, 0.1) is 5.75 Å². The zero-order valence-electron chi connectivity index (χ0n) is 6.97. The number of aromatic amines is 1. The van der Waals surface area contributed by atoms with Crippen LogP contribution in [0.2, 0.25) is 0 Å². The lowest BCUT2D eigenvalue weighted by Gasteiger charge is -1.99. The SMILES string of the molecule is NS(=O)(=O)CCNC(=O)c1nn[nH]n1. The second-order valence-electron chi connectivity index (χ2n) is 2.36. The molecule has 14 heavy (non-hydrogen) atoms. The summed E-state index contributed by atoms with van der Waals surface area (Å²) in [5, 5.41) is 19.0. The second-order valence-corrected chi connectivity index (χ2v) is 4.09. The Morgan fingerprint density at radius 1 is 1.57 bits per heavy atom. The third-order valence-electron chi connectivity index (χ3n) is 1.22. The number of nitrogens with two attached hydrogens (primary N) is 1. The van der Waals surface area contributed by atoms with Crippen molar-refractivity contribution in [1.29, 1.82) is 0 Å².